The number of rotatable bonds is 4. The van der Waals surface area contributed by atoms with Gasteiger partial charge in [0.05, 0.1) is 6.54 Å². The predicted octanol–water partition coefficient (Wildman–Crippen LogP) is 3.13. The second-order valence-corrected chi connectivity index (χ2v) is 5.52. The third-order valence-electron chi connectivity index (χ3n) is 2.82. The van der Waals surface area contributed by atoms with Crippen molar-refractivity contribution in [3.8, 4) is 0 Å². The number of benzene rings is 2. The van der Waals surface area contributed by atoms with Crippen LogP contribution in [0, 0.1) is 6.92 Å². The molecule has 0 heterocycles. The van der Waals surface area contributed by atoms with Crippen molar-refractivity contribution >= 4 is 33.4 Å². The van der Waals surface area contributed by atoms with Gasteiger partial charge in [-0.2, -0.15) is 0 Å². The summed E-state index contributed by atoms with van der Waals surface area (Å²) < 4.78 is 0.899. The minimum absolute atomic E-state index is 0.0666. The first kappa shape index (κ1) is 15.3. The summed E-state index contributed by atoms with van der Waals surface area (Å²) in [5.74, 6) is -0.534. The molecule has 2 aromatic carbocycles. The van der Waals surface area contributed by atoms with E-state index in [1.165, 1.54) is 0 Å². The lowest BCUT2D eigenvalue weighted by molar-refractivity contribution is -0.115. The maximum absolute atomic E-state index is 11.9. The topological polar surface area (TPSA) is 58.2 Å². The summed E-state index contributed by atoms with van der Waals surface area (Å²) in [7, 11) is 0. The van der Waals surface area contributed by atoms with Crippen molar-refractivity contribution in [2.24, 2.45) is 0 Å². The second kappa shape index (κ2) is 7.04. The van der Waals surface area contributed by atoms with Crippen LogP contribution in [0.4, 0.5) is 5.69 Å². The van der Waals surface area contributed by atoms with Gasteiger partial charge in [0.2, 0.25) is 5.91 Å². The zero-order valence-electron chi connectivity index (χ0n) is 11.5. The Labute approximate surface area is 131 Å². The van der Waals surface area contributed by atoms with Gasteiger partial charge in [0.25, 0.3) is 5.91 Å². The highest BCUT2D eigenvalue weighted by molar-refractivity contribution is 9.10. The number of halogens is 1. The van der Waals surface area contributed by atoms with Crippen molar-refractivity contribution in [1.29, 1.82) is 0 Å². The number of carbonyl (C=O) groups excluding carboxylic acids is 2. The van der Waals surface area contributed by atoms with Gasteiger partial charge in [0.1, 0.15) is 0 Å². The lowest BCUT2D eigenvalue weighted by atomic mass is 10.2. The number of carbonyl (C=O) groups is 2. The normalized spacial score (nSPS) is 10.0. The molecule has 2 rings (SSSR count). The maximum Gasteiger partial charge on any atom is 0.251 e. The van der Waals surface area contributed by atoms with Crippen molar-refractivity contribution in [3.05, 3.63) is 64.1 Å². The summed E-state index contributed by atoms with van der Waals surface area (Å²) in [6, 6.07) is 14.4. The molecule has 0 aliphatic carbocycles. The molecule has 108 valence electrons. The van der Waals surface area contributed by atoms with E-state index < -0.39 is 0 Å². The van der Waals surface area contributed by atoms with Gasteiger partial charge in [-0.3, -0.25) is 9.59 Å². The summed E-state index contributed by atoms with van der Waals surface area (Å²) in [6.07, 6.45) is 0. The molecule has 2 N–H and O–H groups in total. The molecule has 0 saturated heterocycles. The van der Waals surface area contributed by atoms with E-state index in [4.69, 9.17) is 0 Å². The number of hydrogen-bond acceptors (Lipinski definition) is 2. The highest BCUT2D eigenvalue weighted by atomic mass is 79.9. The van der Waals surface area contributed by atoms with Crippen molar-refractivity contribution in [2.45, 2.75) is 6.92 Å². The fraction of sp³-hybridized carbons (Fsp3) is 0.125. The molecule has 0 radical (unpaired) electrons. The first-order chi connectivity index (χ1) is 10.0. The Hall–Kier alpha value is -2.14. The molecular formula is C16H15BrN2O2. The van der Waals surface area contributed by atoms with Gasteiger partial charge in [0.15, 0.2) is 0 Å². The SMILES string of the molecule is Cc1cccc(NC(=O)CNC(=O)c2ccc(Br)cc2)c1. The van der Waals surface area contributed by atoms with E-state index in [0.717, 1.165) is 15.7 Å². The molecule has 2 amide bonds. The quantitative estimate of drug-likeness (QED) is 0.893. The highest BCUT2D eigenvalue weighted by Gasteiger charge is 2.08. The molecule has 0 unspecified atom stereocenters. The van der Waals surface area contributed by atoms with E-state index in [9.17, 15) is 9.59 Å². The Bertz CT molecular complexity index is 654. The van der Waals surface area contributed by atoms with E-state index in [-0.39, 0.29) is 18.4 Å². The molecule has 0 spiro atoms. The monoisotopic (exact) mass is 346 g/mol. The average Bonchev–Trinajstić information content (AvgIpc) is 2.45. The van der Waals surface area contributed by atoms with Crippen LogP contribution in [0.2, 0.25) is 0 Å². The minimum atomic E-state index is -0.276. The van der Waals surface area contributed by atoms with Gasteiger partial charge in [-0.05, 0) is 48.9 Å². The molecule has 0 aromatic heterocycles. The number of aryl methyl sites for hydroxylation is 1. The van der Waals surface area contributed by atoms with Crippen LogP contribution >= 0.6 is 15.9 Å². The summed E-state index contributed by atoms with van der Waals surface area (Å²) in [4.78, 5) is 23.6. The van der Waals surface area contributed by atoms with Crippen LogP contribution in [0.15, 0.2) is 53.0 Å². The first-order valence-electron chi connectivity index (χ1n) is 6.45. The van der Waals surface area contributed by atoms with E-state index in [0.29, 0.717) is 5.56 Å². The molecule has 0 fully saturated rings. The van der Waals surface area contributed by atoms with Crippen LogP contribution in [0.3, 0.4) is 0 Å². The largest absolute Gasteiger partial charge is 0.343 e. The van der Waals surface area contributed by atoms with Gasteiger partial charge in [-0.1, -0.05) is 28.1 Å². The maximum atomic E-state index is 11.9. The van der Waals surface area contributed by atoms with E-state index >= 15 is 0 Å². The summed E-state index contributed by atoms with van der Waals surface area (Å²) in [5.41, 5.74) is 2.30. The van der Waals surface area contributed by atoms with Crippen LogP contribution in [0.1, 0.15) is 15.9 Å². The van der Waals surface area contributed by atoms with Crippen molar-refractivity contribution in [1.82, 2.24) is 5.32 Å². The molecule has 2 aromatic rings. The molecule has 0 aliphatic rings. The number of amides is 2. The molecule has 21 heavy (non-hydrogen) atoms. The van der Waals surface area contributed by atoms with Crippen LogP contribution in [0.5, 0.6) is 0 Å². The van der Waals surface area contributed by atoms with Gasteiger partial charge in [-0.25, -0.2) is 0 Å². The van der Waals surface area contributed by atoms with Crippen molar-refractivity contribution < 1.29 is 9.59 Å². The summed E-state index contributed by atoms with van der Waals surface area (Å²) in [5, 5.41) is 5.32. The van der Waals surface area contributed by atoms with Gasteiger partial charge in [0, 0.05) is 15.7 Å². The second-order valence-electron chi connectivity index (χ2n) is 4.61. The van der Waals surface area contributed by atoms with Gasteiger partial charge < -0.3 is 10.6 Å². The summed E-state index contributed by atoms with van der Waals surface area (Å²) in [6.45, 7) is 1.88. The Morgan fingerprint density at radius 3 is 2.48 bits per heavy atom. The molecular weight excluding hydrogens is 332 g/mol. The standard InChI is InChI=1S/C16H15BrN2O2/c1-11-3-2-4-14(9-11)19-15(20)10-18-16(21)12-5-7-13(17)8-6-12/h2-9H,10H2,1H3,(H,18,21)(H,19,20). The third kappa shape index (κ3) is 4.72. The Balaban J connectivity index is 1.86. The average molecular weight is 347 g/mol. The van der Waals surface area contributed by atoms with Crippen molar-refractivity contribution in [2.75, 3.05) is 11.9 Å². The van der Waals surface area contributed by atoms with E-state index in [1.807, 2.05) is 25.1 Å². The Kier molecular flexibility index (Phi) is 5.11. The van der Waals surface area contributed by atoms with Crippen molar-refractivity contribution in [3.63, 3.8) is 0 Å². The fourth-order valence-electron chi connectivity index (χ4n) is 1.79. The zero-order valence-corrected chi connectivity index (χ0v) is 13.1. The number of anilines is 1. The van der Waals surface area contributed by atoms with E-state index in [1.54, 1.807) is 30.3 Å². The molecule has 4 nitrogen and oxygen atoms in total. The lowest BCUT2D eigenvalue weighted by Gasteiger charge is -2.07. The Morgan fingerprint density at radius 2 is 1.81 bits per heavy atom. The van der Waals surface area contributed by atoms with Gasteiger partial charge >= 0.3 is 0 Å². The van der Waals surface area contributed by atoms with Crippen LogP contribution < -0.4 is 10.6 Å². The minimum Gasteiger partial charge on any atom is -0.343 e. The zero-order chi connectivity index (χ0) is 15.2. The number of nitrogens with one attached hydrogen (secondary N) is 2. The fourth-order valence-corrected chi connectivity index (χ4v) is 2.06. The van der Waals surface area contributed by atoms with E-state index in [2.05, 4.69) is 26.6 Å². The number of hydrogen-bond donors (Lipinski definition) is 2. The van der Waals surface area contributed by atoms with Crippen LogP contribution in [0.25, 0.3) is 0 Å². The summed E-state index contributed by atoms with van der Waals surface area (Å²) >= 11 is 3.30. The molecule has 0 saturated carbocycles. The molecule has 0 bridgehead atoms. The lowest BCUT2D eigenvalue weighted by Crippen LogP contribution is -2.32. The first-order valence-corrected chi connectivity index (χ1v) is 7.24. The predicted molar refractivity (Wildman–Crippen MR) is 86.3 cm³/mol. The molecule has 0 atom stereocenters. The van der Waals surface area contributed by atoms with Crippen LogP contribution in [-0.2, 0) is 4.79 Å². The third-order valence-corrected chi connectivity index (χ3v) is 3.35. The Morgan fingerprint density at radius 1 is 1.10 bits per heavy atom. The molecule has 0 aliphatic heterocycles. The smallest absolute Gasteiger partial charge is 0.251 e. The van der Waals surface area contributed by atoms with Crippen LogP contribution in [-0.4, -0.2) is 18.4 Å². The molecule has 5 heteroatoms. The van der Waals surface area contributed by atoms with Gasteiger partial charge in [-0.15, -0.1) is 0 Å². The highest BCUT2D eigenvalue weighted by Crippen LogP contribution is 2.11.